The van der Waals surface area contributed by atoms with Crippen LogP contribution in [-0.2, 0) is 0 Å². The highest BCUT2D eigenvalue weighted by Gasteiger charge is 2.26. The summed E-state index contributed by atoms with van der Waals surface area (Å²) in [4.78, 5) is 31.5. The Balaban J connectivity index is 0.00000176. The third-order valence-corrected chi connectivity index (χ3v) is 4.32. The number of aromatic amines is 1. The monoisotopic (exact) mass is 326 g/mol. The van der Waals surface area contributed by atoms with Gasteiger partial charge in [-0.15, -0.1) is 12.4 Å². The second kappa shape index (κ2) is 7.15. The van der Waals surface area contributed by atoms with Crippen LogP contribution in [-0.4, -0.2) is 65.4 Å². The lowest BCUT2D eigenvalue weighted by atomic mass is 10.1. The summed E-state index contributed by atoms with van der Waals surface area (Å²) in [5, 5.41) is 3.27. The molecule has 2 amide bonds. The zero-order chi connectivity index (χ0) is 14.8. The van der Waals surface area contributed by atoms with E-state index in [2.05, 4.69) is 10.3 Å². The molecule has 1 aromatic heterocycles. The van der Waals surface area contributed by atoms with Crippen LogP contribution in [0.2, 0.25) is 0 Å². The highest BCUT2D eigenvalue weighted by atomic mass is 35.5. The summed E-state index contributed by atoms with van der Waals surface area (Å²) in [5.41, 5.74) is 1.09. The number of piperazine rings is 1. The Labute approximate surface area is 136 Å². The molecule has 0 bridgehead atoms. The van der Waals surface area contributed by atoms with Crippen LogP contribution in [0.5, 0.6) is 0 Å². The van der Waals surface area contributed by atoms with Crippen molar-refractivity contribution in [1.29, 1.82) is 0 Å². The number of H-pyrrole nitrogens is 1. The molecular weight excluding hydrogens is 304 g/mol. The van der Waals surface area contributed by atoms with Crippen molar-refractivity contribution >= 4 is 24.2 Å². The first kappa shape index (κ1) is 16.8. The minimum absolute atomic E-state index is 0. The Morgan fingerprint density at radius 3 is 2.59 bits per heavy atom. The number of halogens is 1. The molecule has 0 saturated carbocycles. The van der Waals surface area contributed by atoms with Gasteiger partial charge in [0.25, 0.3) is 11.8 Å². The number of aromatic nitrogens is 1. The molecular formula is C15H23ClN4O2. The van der Waals surface area contributed by atoms with E-state index >= 15 is 0 Å². The van der Waals surface area contributed by atoms with Crippen molar-refractivity contribution in [2.24, 2.45) is 0 Å². The van der Waals surface area contributed by atoms with E-state index in [1.165, 1.54) is 0 Å². The van der Waals surface area contributed by atoms with E-state index in [9.17, 15) is 9.59 Å². The van der Waals surface area contributed by atoms with Gasteiger partial charge in [-0.25, -0.2) is 0 Å². The van der Waals surface area contributed by atoms with Gasteiger partial charge < -0.3 is 20.1 Å². The summed E-state index contributed by atoms with van der Waals surface area (Å²) in [6.45, 7) is 6.01. The molecule has 2 aliphatic heterocycles. The number of nitrogens with one attached hydrogen (secondary N) is 2. The molecule has 0 radical (unpaired) electrons. The fourth-order valence-electron chi connectivity index (χ4n) is 3.04. The number of hydrogen-bond donors (Lipinski definition) is 2. The van der Waals surface area contributed by atoms with Crippen LogP contribution < -0.4 is 5.32 Å². The fraction of sp³-hybridized carbons (Fsp3) is 0.600. The van der Waals surface area contributed by atoms with Gasteiger partial charge >= 0.3 is 0 Å². The van der Waals surface area contributed by atoms with E-state index in [1.807, 2.05) is 16.7 Å². The summed E-state index contributed by atoms with van der Waals surface area (Å²) < 4.78 is 0. The van der Waals surface area contributed by atoms with Gasteiger partial charge in [0.05, 0.1) is 5.56 Å². The van der Waals surface area contributed by atoms with E-state index in [0.717, 1.165) is 39.0 Å². The Morgan fingerprint density at radius 1 is 1.18 bits per heavy atom. The summed E-state index contributed by atoms with van der Waals surface area (Å²) in [6, 6.07) is 1.87. The molecule has 0 unspecified atom stereocenters. The molecule has 3 heterocycles. The summed E-state index contributed by atoms with van der Waals surface area (Å²) in [7, 11) is 0. The molecule has 2 fully saturated rings. The highest BCUT2D eigenvalue weighted by Crippen LogP contribution is 2.15. The summed E-state index contributed by atoms with van der Waals surface area (Å²) in [6.07, 6.45) is 3.79. The van der Waals surface area contributed by atoms with Gasteiger partial charge in [0.1, 0.15) is 5.69 Å². The van der Waals surface area contributed by atoms with Gasteiger partial charge in [0, 0.05) is 45.0 Å². The van der Waals surface area contributed by atoms with Crippen molar-refractivity contribution < 1.29 is 9.59 Å². The van der Waals surface area contributed by atoms with Crippen LogP contribution in [0.15, 0.2) is 12.3 Å². The van der Waals surface area contributed by atoms with Gasteiger partial charge in [-0.3, -0.25) is 9.59 Å². The van der Waals surface area contributed by atoms with Crippen molar-refractivity contribution in [2.75, 3.05) is 32.7 Å². The second-order valence-electron chi connectivity index (χ2n) is 5.85. The number of carbonyl (C=O) groups is 2. The van der Waals surface area contributed by atoms with E-state index in [0.29, 0.717) is 17.8 Å². The number of carbonyl (C=O) groups excluding carboxylic acids is 2. The van der Waals surface area contributed by atoms with Gasteiger partial charge in [0.2, 0.25) is 0 Å². The maximum Gasteiger partial charge on any atom is 0.270 e. The topological polar surface area (TPSA) is 68.4 Å². The molecule has 0 spiro atoms. The summed E-state index contributed by atoms with van der Waals surface area (Å²) in [5.74, 6) is 0.000584. The molecule has 2 aliphatic rings. The lowest BCUT2D eigenvalue weighted by Gasteiger charge is -2.33. The number of hydrogen-bond acceptors (Lipinski definition) is 3. The Morgan fingerprint density at radius 2 is 1.91 bits per heavy atom. The average molecular weight is 327 g/mol. The number of amides is 2. The van der Waals surface area contributed by atoms with Gasteiger partial charge in [-0.2, -0.15) is 0 Å². The Kier molecular flexibility index (Phi) is 5.47. The fourth-order valence-corrected chi connectivity index (χ4v) is 3.04. The van der Waals surface area contributed by atoms with Crippen LogP contribution >= 0.6 is 12.4 Å². The van der Waals surface area contributed by atoms with Gasteiger partial charge in [0.15, 0.2) is 0 Å². The van der Waals surface area contributed by atoms with Crippen molar-refractivity contribution in [3.8, 4) is 0 Å². The van der Waals surface area contributed by atoms with E-state index < -0.39 is 0 Å². The molecule has 0 aliphatic carbocycles. The first-order valence-electron chi connectivity index (χ1n) is 7.66. The zero-order valence-corrected chi connectivity index (χ0v) is 13.6. The molecule has 2 N–H and O–H groups in total. The second-order valence-corrected chi connectivity index (χ2v) is 5.85. The third-order valence-electron chi connectivity index (χ3n) is 4.32. The standard InChI is InChI=1S/C15H22N4O2.ClH/c1-11-9-16-4-7-19(11)14(20)12-8-13(17-10-12)15(21)18-5-2-3-6-18;/h8,10-11,16-17H,2-7,9H2,1H3;1H/t11-;/m0./s1. The maximum absolute atomic E-state index is 12.5. The van der Waals surface area contributed by atoms with Crippen LogP contribution in [0.25, 0.3) is 0 Å². The van der Waals surface area contributed by atoms with Gasteiger partial charge in [-0.1, -0.05) is 0 Å². The largest absolute Gasteiger partial charge is 0.356 e. The van der Waals surface area contributed by atoms with E-state index in [-0.39, 0.29) is 30.3 Å². The third kappa shape index (κ3) is 3.28. The molecule has 7 heteroatoms. The predicted octanol–water partition coefficient (Wildman–Crippen LogP) is 1.11. The van der Waals surface area contributed by atoms with Crippen molar-refractivity contribution in [1.82, 2.24) is 20.1 Å². The van der Waals surface area contributed by atoms with Crippen molar-refractivity contribution in [3.63, 3.8) is 0 Å². The first-order chi connectivity index (χ1) is 10.2. The minimum Gasteiger partial charge on any atom is -0.356 e. The van der Waals surface area contributed by atoms with Crippen LogP contribution in [0.1, 0.15) is 40.6 Å². The molecule has 122 valence electrons. The zero-order valence-electron chi connectivity index (χ0n) is 12.8. The minimum atomic E-state index is -0.0000840. The number of nitrogens with zero attached hydrogens (tertiary/aromatic N) is 2. The van der Waals surface area contributed by atoms with Crippen LogP contribution in [0.3, 0.4) is 0 Å². The molecule has 6 nitrogen and oxygen atoms in total. The lowest BCUT2D eigenvalue weighted by molar-refractivity contribution is 0.0656. The molecule has 2 saturated heterocycles. The van der Waals surface area contributed by atoms with Crippen molar-refractivity contribution in [2.45, 2.75) is 25.8 Å². The maximum atomic E-state index is 12.5. The normalized spacial score (nSPS) is 21.6. The van der Waals surface area contributed by atoms with E-state index in [4.69, 9.17) is 0 Å². The highest BCUT2D eigenvalue weighted by molar-refractivity contribution is 5.99. The SMILES string of the molecule is C[C@H]1CNCCN1C(=O)c1c[nH]c(C(=O)N2CCCC2)c1.Cl. The van der Waals surface area contributed by atoms with Crippen molar-refractivity contribution in [3.05, 3.63) is 23.5 Å². The van der Waals surface area contributed by atoms with Crippen LogP contribution in [0.4, 0.5) is 0 Å². The average Bonchev–Trinajstić information content (AvgIpc) is 3.18. The molecule has 1 atom stereocenters. The quantitative estimate of drug-likeness (QED) is 0.855. The van der Waals surface area contributed by atoms with Gasteiger partial charge in [-0.05, 0) is 25.8 Å². The first-order valence-corrected chi connectivity index (χ1v) is 7.66. The summed E-state index contributed by atoms with van der Waals surface area (Å²) >= 11 is 0. The lowest BCUT2D eigenvalue weighted by Crippen LogP contribution is -2.52. The smallest absolute Gasteiger partial charge is 0.270 e. The Hall–Kier alpha value is -1.53. The molecule has 22 heavy (non-hydrogen) atoms. The number of likely N-dealkylation sites (tertiary alicyclic amines) is 1. The Bertz CT molecular complexity index is 539. The van der Waals surface area contributed by atoms with E-state index in [1.54, 1.807) is 12.3 Å². The molecule has 3 rings (SSSR count). The predicted molar refractivity (Wildman–Crippen MR) is 86.5 cm³/mol. The molecule has 0 aromatic carbocycles. The van der Waals surface area contributed by atoms with Crippen LogP contribution in [0, 0.1) is 0 Å². The number of rotatable bonds is 2. The molecule has 1 aromatic rings.